The van der Waals surface area contributed by atoms with Gasteiger partial charge in [-0.1, -0.05) is 6.92 Å². The number of aromatic nitrogens is 2. The first kappa shape index (κ1) is 14.5. The van der Waals surface area contributed by atoms with Crippen molar-refractivity contribution in [1.29, 1.82) is 0 Å². The van der Waals surface area contributed by atoms with Crippen LogP contribution in [0.1, 0.15) is 24.9 Å². The Morgan fingerprint density at radius 1 is 1.59 bits per heavy atom. The Balaban J connectivity index is 2.52. The molecule has 0 saturated heterocycles. The van der Waals surface area contributed by atoms with Crippen LogP contribution in [0.5, 0.6) is 0 Å². The fourth-order valence-electron chi connectivity index (χ4n) is 1.95. The molecule has 0 radical (unpaired) electrons. The maximum Gasteiger partial charge on any atom is 0.0537 e. The molecule has 1 rings (SSSR count). The van der Waals surface area contributed by atoms with Gasteiger partial charge >= 0.3 is 0 Å². The summed E-state index contributed by atoms with van der Waals surface area (Å²) < 4.78 is 1.80. The van der Waals surface area contributed by atoms with Crippen molar-refractivity contribution in [1.82, 2.24) is 14.7 Å². The zero-order valence-corrected chi connectivity index (χ0v) is 12.1. The van der Waals surface area contributed by atoms with Gasteiger partial charge in [0.05, 0.1) is 6.20 Å². The van der Waals surface area contributed by atoms with Crippen molar-refractivity contribution in [2.45, 2.75) is 25.4 Å². The molecule has 98 valence electrons. The quantitative estimate of drug-likeness (QED) is 0.803. The summed E-state index contributed by atoms with van der Waals surface area (Å²) in [6, 6.07) is 0.650. The summed E-state index contributed by atoms with van der Waals surface area (Å²) in [5.41, 5.74) is 7.31. The van der Waals surface area contributed by atoms with Gasteiger partial charge < -0.3 is 10.6 Å². The topological polar surface area (TPSA) is 47.1 Å². The highest BCUT2D eigenvalue weighted by atomic mass is 32.2. The van der Waals surface area contributed by atoms with Gasteiger partial charge in [-0.05, 0) is 19.7 Å². The standard InChI is InChI=1S/C12H24N4S/c1-5-11(9-17-4)15(2)8-12(13)10-6-14-16(3)7-10/h6-7,11-12H,5,8-9,13H2,1-4H3. The smallest absolute Gasteiger partial charge is 0.0537 e. The van der Waals surface area contributed by atoms with E-state index in [0.29, 0.717) is 6.04 Å². The van der Waals surface area contributed by atoms with E-state index in [1.54, 1.807) is 4.68 Å². The lowest BCUT2D eigenvalue weighted by Crippen LogP contribution is -2.38. The average Bonchev–Trinajstić information content (AvgIpc) is 2.72. The zero-order chi connectivity index (χ0) is 12.8. The van der Waals surface area contributed by atoms with Gasteiger partial charge in [-0.15, -0.1) is 0 Å². The van der Waals surface area contributed by atoms with Crippen molar-refractivity contribution in [3.05, 3.63) is 18.0 Å². The molecule has 1 heterocycles. The van der Waals surface area contributed by atoms with Gasteiger partial charge in [0, 0.05) is 43.2 Å². The van der Waals surface area contributed by atoms with Gasteiger partial charge in [0.2, 0.25) is 0 Å². The fourth-order valence-corrected chi connectivity index (χ4v) is 2.82. The lowest BCUT2D eigenvalue weighted by Gasteiger charge is -2.28. The first-order valence-electron chi connectivity index (χ1n) is 6.01. The van der Waals surface area contributed by atoms with Gasteiger partial charge in [-0.25, -0.2) is 0 Å². The second kappa shape index (κ2) is 7.03. The minimum Gasteiger partial charge on any atom is -0.323 e. The molecule has 5 heteroatoms. The molecule has 0 saturated carbocycles. The molecule has 1 aromatic rings. The first-order chi connectivity index (χ1) is 8.08. The highest BCUT2D eigenvalue weighted by Gasteiger charge is 2.16. The molecular formula is C12H24N4S. The summed E-state index contributed by atoms with van der Waals surface area (Å²) >= 11 is 1.89. The molecule has 0 bridgehead atoms. The highest BCUT2D eigenvalue weighted by molar-refractivity contribution is 7.98. The molecule has 0 amide bonds. The van der Waals surface area contributed by atoms with Crippen molar-refractivity contribution < 1.29 is 0 Å². The van der Waals surface area contributed by atoms with Crippen LogP contribution in [-0.2, 0) is 7.05 Å². The molecule has 0 fully saturated rings. The van der Waals surface area contributed by atoms with E-state index in [-0.39, 0.29) is 6.04 Å². The molecule has 0 aliphatic carbocycles. The number of nitrogens with zero attached hydrogens (tertiary/aromatic N) is 3. The minimum absolute atomic E-state index is 0.0459. The number of thioether (sulfide) groups is 1. The van der Waals surface area contributed by atoms with E-state index >= 15 is 0 Å². The maximum absolute atomic E-state index is 6.20. The fraction of sp³-hybridized carbons (Fsp3) is 0.750. The number of hydrogen-bond donors (Lipinski definition) is 1. The summed E-state index contributed by atoms with van der Waals surface area (Å²) in [6.45, 7) is 3.11. The van der Waals surface area contributed by atoms with Gasteiger partial charge in [0.15, 0.2) is 0 Å². The van der Waals surface area contributed by atoms with Crippen molar-refractivity contribution in [3.8, 4) is 0 Å². The minimum atomic E-state index is 0.0459. The second-order valence-corrected chi connectivity index (χ2v) is 5.42. The van der Waals surface area contributed by atoms with E-state index in [0.717, 1.165) is 24.3 Å². The van der Waals surface area contributed by atoms with Crippen LogP contribution in [0.25, 0.3) is 0 Å². The van der Waals surface area contributed by atoms with E-state index in [1.165, 1.54) is 0 Å². The predicted molar refractivity (Wildman–Crippen MR) is 75.2 cm³/mol. The van der Waals surface area contributed by atoms with E-state index in [1.807, 2.05) is 31.2 Å². The monoisotopic (exact) mass is 256 g/mol. The Labute approximate surface area is 109 Å². The summed E-state index contributed by atoms with van der Waals surface area (Å²) in [4.78, 5) is 2.36. The lowest BCUT2D eigenvalue weighted by atomic mass is 10.1. The molecule has 0 aromatic carbocycles. The normalized spacial score (nSPS) is 15.2. The number of rotatable bonds is 7. The third-order valence-electron chi connectivity index (χ3n) is 3.09. The van der Waals surface area contributed by atoms with Gasteiger partial charge in [0.25, 0.3) is 0 Å². The summed E-state index contributed by atoms with van der Waals surface area (Å²) in [6.07, 6.45) is 7.16. The summed E-state index contributed by atoms with van der Waals surface area (Å²) in [7, 11) is 4.07. The van der Waals surface area contributed by atoms with Gasteiger partial charge in [0.1, 0.15) is 0 Å². The second-order valence-electron chi connectivity index (χ2n) is 4.51. The van der Waals surface area contributed by atoms with Gasteiger partial charge in [-0.3, -0.25) is 4.68 Å². The number of likely N-dealkylation sites (N-methyl/N-ethyl adjacent to an activating group) is 1. The average molecular weight is 256 g/mol. The van der Waals surface area contributed by atoms with Gasteiger partial charge in [-0.2, -0.15) is 16.9 Å². The Hall–Kier alpha value is -0.520. The third kappa shape index (κ3) is 4.33. The van der Waals surface area contributed by atoms with Crippen LogP contribution in [0.4, 0.5) is 0 Å². The van der Waals surface area contributed by atoms with E-state index in [9.17, 15) is 0 Å². The van der Waals surface area contributed by atoms with Crippen LogP contribution in [-0.4, -0.2) is 46.3 Å². The number of nitrogens with two attached hydrogens (primary N) is 1. The molecule has 1 aromatic heterocycles. The van der Waals surface area contributed by atoms with E-state index in [4.69, 9.17) is 5.73 Å². The van der Waals surface area contributed by atoms with Crippen LogP contribution < -0.4 is 5.73 Å². The van der Waals surface area contributed by atoms with E-state index in [2.05, 4.69) is 30.2 Å². The molecule has 2 unspecified atom stereocenters. The lowest BCUT2D eigenvalue weighted by molar-refractivity contribution is 0.241. The van der Waals surface area contributed by atoms with Crippen molar-refractivity contribution >= 4 is 11.8 Å². The SMILES string of the molecule is CCC(CSC)N(C)CC(N)c1cnn(C)c1. The summed E-state index contributed by atoms with van der Waals surface area (Å²) in [5.74, 6) is 1.16. The number of aryl methyl sites for hydroxylation is 1. The van der Waals surface area contributed by atoms with Crippen LogP contribution in [0.15, 0.2) is 12.4 Å². The van der Waals surface area contributed by atoms with Crippen molar-refractivity contribution in [2.75, 3.05) is 25.6 Å². The Bertz CT molecular complexity index is 326. The Morgan fingerprint density at radius 2 is 2.29 bits per heavy atom. The zero-order valence-electron chi connectivity index (χ0n) is 11.3. The molecule has 0 aliphatic heterocycles. The predicted octanol–water partition coefficient (Wildman–Crippen LogP) is 1.49. The maximum atomic E-state index is 6.20. The molecule has 2 atom stereocenters. The molecule has 0 aliphatic rings. The van der Waals surface area contributed by atoms with Crippen LogP contribution in [0.3, 0.4) is 0 Å². The number of hydrogen-bond acceptors (Lipinski definition) is 4. The Morgan fingerprint density at radius 3 is 2.76 bits per heavy atom. The molecule has 4 nitrogen and oxygen atoms in total. The molecular weight excluding hydrogens is 232 g/mol. The third-order valence-corrected chi connectivity index (χ3v) is 3.81. The van der Waals surface area contributed by atoms with Crippen molar-refractivity contribution in [2.24, 2.45) is 12.8 Å². The molecule has 17 heavy (non-hydrogen) atoms. The van der Waals surface area contributed by atoms with Crippen LogP contribution in [0, 0.1) is 0 Å². The van der Waals surface area contributed by atoms with Crippen LogP contribution >= 0.6 is 11.8 Å². The van der Waals surface area contributed by atoms with Crippen molar-refractivity contribution in [3.63, 3.8) is 0 Å². The Kier molecular flexibility index (Phi) is 6.02. The summed E-state index contributed by atoms with van der Waals surface area (Å²) in [5, 5.41) is 4.16. The molecule has 0 spiro atoms. The molecule has 2 N–H and O–H groups in total. The highest BCUT2D eigenvalue weighted by Crippen LogP contribution is 2.14. The largest absolute Gasteiger partial charge is 0.323 e. The first-order valence-corrected chi connectivity index (χ1v) is 7.41. The van der Waals surface area contributed by atoms with E-state index < -0.39 is 0 Å². The van der Waals surface area contributed by atoms with Crippen LogP contribution in [0.2, 0.25) is 0 Å².